The maximum Gasteiger partial charge on any atom is 0.251 e. The molecule has 2 aliphatic heterocycles. The average Bonchev–Trinajstić information content (AvgIpc) is 3.11. The summed E-state index contributed by atoms with van der Waals surface area (Å²) in [5, 5.41) is 2.01. The monoisotopic (exact) mass is 499 g/mol. The Kier molecular flexibility index (Phi) is 6.36. The van der Waals surface area contributed by atoms with Crippen LogP contribution in [0.3, 0.4) is 0 Å². The maximum atomic E-state index is 13.4. The quantitative estimate of drug-likeness (QED) is 0.685. The molecule has 178 valence electrons. The van der Waals surface area contributed by atoms with Crippen molar-refractivity contribution in [2.24, 2.45) is 0 Å². The van der Waals surface area contributed by atoms with E-state index in [1.165, 1.54) is 21.9 Å². The number of amides is 2. The minimum absolute atomic E-state index is 0.0157. The smallest absolute Gasteiger partial charge is 0.251 e. The van der Waals surface area contributed by atoms with Gasteiger partial charge in [0.05, 0.1) is 4.90 Å². The summed E-state index contributed by atoms with van der Waals surface area (Å²) in [5.74, 6) is -3.69. The topological polar surface area (TPSA) is 86.8 Å². The molecule has 2 heterocycles. The van der Waals surface area contributed by atoms with E-state index in [0.717, 1.165) is 5.39 Å². The summed E-state index contributed by atoms with van der Waals surface area (Å²) < 4.78 is 55.0. The van der Waals surface area contributed by atoms with Gasteiger partial charge in [0.25, 0.3) is 5.92 Å². The van der Waals surface area contributed by atoms with Gasteiger partial charge in [-0.15, -0.1) is 0 Å². The maximum absolute atomic E-state index is 13.4. The van der Waals surface area contributed by atoms with Crippen molar-refractivity contribution in [1.29, 1.82) is 0 Å². The molecule has 33 heavy (non-hydrogen) atoms. The van der Waals surface area contributed by atoms with E-state index in [1.54, 1.807) is 31.2 Å². The van der Waals surface area contributed by atoms with Crippen LogP contribution >= 0.6 is 11.6 Å². The lowest BCUT2D eigenvalue weighted by Gasteiger charge is -2.35. The highest BCUT2D eigenvalue weighted by Gasteiger charge is 2.42. The fourth-order valence-corrected chi connectivity index (χ4v) is 5.70. The number of piperidine rings is 1. The highest BCUT2D eigenvalue weighted by Crippen LogP contribution is 2.29. The third-order valence-electron chi connectivity index (χ3n) is 6.25. The molecule has 0 aliphatic carbocycles. The van der Waals surface area contributed by atoms with E-state index in [1.807, 2.05) is 0 Å². The minimum Gasteiger partial charge on any atom is -0.340 e. The van der Waals surface area contributed by atoms with E-state index < -0.39 is 52.7 Å². The van der Waals surface area contributed by atoms with Gasteiger partial charge in [-0.05, 0) is 48.4 Å². The Morgan fingerprint density at radius 3 is 2.45 bits per heavy atom. The van der Waals surface area contributed by atoms with E-state index in [-0.39, 0.29) is 31.0 Å². The normalized spacial score (nSPS) is 22.1. The molecule has 4 rings (SSSR count). The number of alkyl halides is 2. The molecular weight excluding hydrogens is 476 g/mol. The van der Waals surface area contributed by atoms with Crippen molar-refractivity contribution >= 4 is 44.2 Å². The third kappa shape index (κ3) is 4.97. The molecule has 2 atom stereocenters. The predicted octanol–water partition coefficient (Wildman–Crippen LogP) is 3.02. The Morgan fingerprint density at radius 2 is 1.76 bits per heavy atom. The van der Waals surface area contributed by atoms with E-state index >= 15 is 0 Å². The Hall–Kier alpha value is -2.30. The molecule has 7 nitrogen and oxygen atoms in total. The molecule has 1 N–H and O–H groups in total. The first kappa shape index (κ1) is 23.8. The summed E-state index contributed by atoms with van der Waals surface area (Å²) >= 11 is 5.97. The zero-order valence-corrected chi connectivity index (χ0v) is 19.5. The fourth-order valence-electron chi connectivity index (χ4n) is 4.26. The number of nitrogens with zero attached hydrogens (tertiary/aromatic N) is 2. The number of likely N-dealkylation sites (tertiary alicyclic amines) is 2. The number of nitrogens with one attached hydrogen (secondary N) is 1. The Balaban J connectivity index is 1.43. The summed E-state index contributed by atoms with van der Waals surface area (Å²) in [6.45, 7) is 1.60. The van der Waals surface area contributed by atoms with Crippen molar-refractivity contribution in [3.05, 3.63) is 41.4 Å². The van der Waals surface area contributed by atoms with Gasteiger partial charge >= 0.3 is 0 Å². The lowest BCUT2D eigenvalue weighted by molar-refractivity contribution is -0.147. The fraction of sp³-hybridized carbons (Fsp3) is 0.455. The summed E-state index contributed by atoms with van der Waals surface area (Å²) in [5.41, 5.74) is 0. The number of rotatable bonds is 5. The molecule has 0 aromatic heterocycles. The molecule has 0 unspecified atom stereocenters. The minimum atomic E-state index is -3.99. The molecule has 0 spiro atoms. The Bertz CT molecular complexity index is 1200. The molecule has 2 amide bonds. The number of sulfonamides is 1. The number of carbonyl (C=O) groups excluding carboxylic acids is 2. The molecule has 2 fully saturated rings. The zero-order chi connectivity index (χ0) is 24.0. The van der Waals surface area contributed by atoms with Crippen LogP contribution in [-0.2, 0) is 19.6 Å². The number of benzene rings is 2. The number of carbonyl (C=O) groups is 2. The number of halogens is 3. The van der Waals surface area contributed by atoms with Gasteiger partial charge in [-0.1, -0.05) is 23.7 Å². The molecule has 0 saturated carbocycles. The zero-order valence-electron chi connectivity index (χ0n) is 17.9. The first-order valence-electron chi connectivity index (χ1n) is 10.7. The molecule has 2 saturated heterocycles. The first-order valence-corrected chi connectivity index (χ1v) is 12.5. The summed E-state index contributed by atoms with van der Waals surface area (Å²) in [7, 11) is -3.99. The molecule has 2 aliphatic rings. The summed E-state index contributed by atoms with van der Waals surface area (Å²) in [6.07, 6.45) is -0.601. The van der Waals surface area contributed by atoms with Gasteiger partial charge in [0.15, 0.2) is 0 Å². The van der Waals surface area contributed by atoms with E-state index in [9.17, 15) is 26.8 Å². The molecule has 0 radical (unpaired) electrons. The molecule has 2 aromatic rings. The molecule has 11 heteroatoms. The van der Waals surface area contributed by atoms with Crippen molar-refractivity contribution in [3.63, 3.8) is 0 Å². The van der Waals surface area contributed by atoms with Crippen LogP contribution in [0.4, 0.5) is 8.78 Å². The van der Waals surface area contributed by atoms with Crippen LogP contribution in [0.25, 0.3) is 10.8 Å². The third-order valence-corrected chi connectivity index (χ3v) is 7.96. The van der Waals surface area contributed by atoms with Crippen molar-refractivity contribution in [3.8, 4) is 0 Å². The van der Waals surface area contributed by atoms with Gasteiger partial charge in [0.2, 0.25) is 21.8 Å². The second-order valence-corrected chi connectivity index (χ2v) is 10.7. The van der Waals surface area contributed by atoms with E-state index in [2.05, 4.69) is 4.72 Å². The summed E-state index contributed by atoms with van der Waals surface area (Å²) in [6, 6.07) is 7.82. The van der Waals surface area contributed by atoms with Gasteiger partial charge in [-0.25, -0.2) is 17.2 Å². The van der Waals surface area contributed by atoms with E-state index in [0.29, 0.717) is 10.4 Å². The van der Waals surface area contributed by atoms with Gasteiger partial charge in [-0.3, -0.25) is 9.59 Å². The first-order chi connectivity index (χ1) is 15.5. The van der Waals surface area contributed by atoms with Crippen molar-refractivity contribution in [2.45, 2.75) is 49.1 Å². The highest BCUT2D eigenvalue weighted by molar-refractivity contribution is 7.89. The Morgan fingerprint density at radius 1 is 1.12 bits per heavy atom. The van der Waals surface area contributed by atoms with Crippen LogP contribution in [0.5, 0.6) is 0 Å². The van der Waals surface area contributed by atoms with Crippen molar-refractivity contribution in [1.82, 2.24) is 14.5 Å². The standard InChI is InChI=1S/C22H24ClF2N3O4S/c1-14(20(29)27-10-7-22(24,25)8-11-27)28-9-6-19(21(28)30)26-33(31,32)18-5-3-15-12-17(23)4-2-16(15)13-18/h2-5,12-14,19,26H,6-11H2,1H3/t14-,19-/m0/s1. The molecule has 2 aromatic carbocycles. The molecular formula is C22H24ClF2N3O4S. The largest absolute Gasteiger partial charge is 0.340 e. The van der Waals surface area contributed by atoms with Crippen LogP contribution in [0.15, 0.2) is 41.3 Å². The van der Waals surface area contributed by atoms with Crippen molar-refractivity contribution < 1.29 is 26.8 Å². The van der Waals surface area contributed by atoms with Crippen LogP contribution < -0.4 is 4.72 Å². The van der Waals surface area contributed by atoms with Crippen LogP contribution in [0.2, 0.25) is 5.02 Å². The SMILES string of the molecule is C[C@@H](C(=O)N1CCC(F)(F)CC1)N1CC[C@H](NS(=O)(=O)c2ccc3cc(Cl)ccc3c2)C1=O. The van der Waals surface area contributed by atoms with Crippen LogP contribution in [0, 0.1) is 0 Å². The number of hydrogen-bond acceptors (Lipinski definition) is 4. The van der Waals surface area contributed by atoms with Gasteiger partial charge in [0, 0.05) is 37.5 Å². The second-order valence-electron chi connectivity index (χ2n) is 8.50. The van der Waals surface area contributed by atoms with Crippen LogP contribution in [0.1, 0.15) is 26.2 Å². The number of hydrogen-bond donors (Lipinski definition) is 1. The Labute approximate surface area is 195 Å². The average molecular weight is 500 g/mol. The van der Waals surface area contributed by atoms with Crippen LogP contribution in [-0.4, -0.2) is 67.7 Å². The lowest BCUT2D eigenvalue weighted by atomic mass is 10.1. The van der Waals surface area contributed by atoms with Gasteiger partial charge in [0.1, 0.15) is 12.1 Å². The molecule has 0 bridgehead atoms. The highest BCUT2D eigenvalue weighted by atomic mass is 35.5. The predicted molar refractivity (Wildman–Crippen MR) is 120 cm³/mol. The summed E-state index contributed by atoms with van der Waals surface area (Å²) in [4.78, 5) is 28.3. The number of fused-ring (bicyclic) bond motifs is 1. The van der Waals surface area contributed by atoms with E-state index in [4.69, 9.17) is 11.6 Å². The van der Waals surface area contributed by atoms with Gasteiger partial charge < -0.3 is 9.80 Å². The van der Waals surface area contributed by atoms with Gasteiger partial charge in [-0.2, -0.15) is 4.72 Å². The lowest BCUT2D eigenvalue weighted by Crippen LogP contribution is -2.52. The van der Waals surface area contributed by atoms with Crippen molar-refractivity contribution in [2.75, 3.05) is 19.6 Å². The second kappa shape index (κ2) is 8.81.